The van der Waals surface area contributed by atoms with Gasteiger partial charge in [0, 0.05) is 11.6 Å². The van der Waals surface area contributed by atoms with E-state index in [0.717, 1.165) is 6.07 Å². The molecule has 1 aromatic rings. The molecule has 23 heavy (non-hydrogen) atoms. The van der Waals surface area contributed by atoms with Crippen molar-refractivity contribution in [3.8, 4) is 0 Å². The Morgan fingerprint density at radius 1 is 1.17 bits per heavy atom. The summed E-state index contributed by atoms with van der Waals surface area (Å²) in [6.07, 6.45) is -14.7. The molecule has 0 atom stereocenters. The molecule has 1 aromatic carbocycles. The van der Waals surface area contributed by atoms with E-state index in [1.807, 2.05) is 0 Å². The first-order chi connectivity index (χ1) is 10.2. The highest BCUT2D eigenvalue weighted by atomic mass is 35.5. The molecule has 0 aromatic heterocycles. The summed E-state index contributed by atoms with van der Waals surface area (Å²) in [5.41, 5.74) is -6.97. The quantitative estimate of drug-likeness (QED) is 0.382. The maximum absolute atomic E-state index is 12.5. The van der Waals surface area contributed by atoms with Crippen LogP contribution in [0.5, 0.6) is 0 Å². The highest BCUT2D eigenvalue weighted by Gasteiger charge is 2.70. The van der Waals surface area contributed by atoms with Crippen molar-refractivity contribution in [3.63, 3.8) is 0 Å². The van der Waals surface area contributed by atoms with Gasteiger partial charge >= 0.3 is 12.4 Å². The maximum Gasteiger partial charge on any atom is 0.426 e. The second-order valence-electron chi connectivity index (χ2n) is 4.38. The van der Waals surface area contributed by atoms with Gasteiger partial charge in [0.25, 0.3) is 11.3 Å². The van der Waals surface area contributed by atoms with Crippen molar-refractivity contribution in [3.05, 3.63) is 38.9 Å². The fourth-order valence-corrected chi connectivity index (χ4v) is 1.71. The van der Waals surface area contributed by atoms with Crippen LogP contribution in [0.25, 0.3) is 0 Å². The number of carbonyl (C=O) groups excluding carboxylic acids is 1. The van der Waals surface area contributed by atoms with E-state index in [2.05, 4.69) is 0 Å². The van der Waals surface area contributed by atoms with Crippen LogP contribution >= 0.6 is 11.6 Å². The lowest BCUT2D eigenvalue weighted by molar-refractivity contribution is -0.384. The van der Waals surface area contributed by atoms with Gasteiger partial charge in [0.15, 0.2) is 5.78 Å². The highest BCUT2D eigenvalue weighted by molar-refractivity contribution is 6.32. The molecule has 0 amide bonds. The van der Waals surface area contributed by atoms with E-state index in [0.29, 0.717) is 12.1 Å². The molecule has 0 aliphatic heterocycles. The number of rotatable bonds is 4. The molecule has 0 heterocycles. The minimum atomic E-state index is -6.17. The number of ketones is 1. The summed E-state index contributed by atoms with van der Waals surface area (Å²) in [7, 11) is 0. The largest absolute Gasteiger partial charge is 0.426 e. The van der Waals surface area contributed by atoms with Crippen LogP contribution in [0.2, 0.25) is 5.02 Å². The third-order valence-corrected chi connectivity index (χ3v) is 3.14. The molecule has 0 spiro atoms. The number of carbonyl (C=O) groups is 1. The normalized spacial score (nSPS) is 13.0. The molecule has 5 nitrogen and oxygen atoms in total. The monoisotopic (exact) mass is 365 g/mol. The SMILES string of the molecule is O=C(CC(O)(C(F)(F)F)C(F)(F)F)c1ccc(Cl)c([N+](=O)[O-])c1. The summed E-state index contributed by atoms with van der Waals surface area (Å²) in [6.45, 7) is 0. The molecule has 1 rings (SSSR count). The third-order valence-electron chi connectivity index (χ3n) is 2.82. The molecule has 0 fully saturated rings. The molecule has 0 bridgehead atoms. The number of nitrogens with zero attached hydrogens (tertiary/aromatic N) is 1. The highest BCUT2D eigenvalue weighted by Crippen LogP contribution is 2.45. The summed E-state index contributed by atoms with van der Waals surface area (Å²) < 4.78 is 75.0. The summed E-state index contributed by atoms with van der Waals surface area (Å²) in [6, 6.07) is 1.91. The zero-order chi connectivity index (χ0) is 18.2. The summed E-state index contributed by atoms with van der Waals surface area (Å²) in [5, 5.41) is 19.1. The summed E-state index contributed by atoms with van der Waals surface area (Å²) in [5.74, 6) is -1.79. The van der Waals surface area contributed by atoms with E-state index in [1.54, 1.807) is 0 Å². The van der Waals surface area contributed by atoms with Gasteiger partial charge < -0.3 is 5.11 Å². The van der Waals surface area contributed by atoms with Gasteiger partial charge in [-0.2, -0.15) is 26.3 Å². The van der Waals surface area contributed by atoms with Crippen LogP contribution in [0.1, 0.15) is 16.8 Å². The molecule has 12 heteroatoms. The average Bonchev–Trinajstić information content (AvgIpc) is 2.35. The Labute approximate surface area is 128 Å². The van der Waals surface area contributed by atoms with E-state index in [1.165, 1.54) is 0 Å². The Morgan fingerprint density at radius 3 is 2.04 bits per heavy atom. The zero-order valence-corrected chi connectivity index (χ0v) is 11.5. The van der Waals surface area contributed by atoms with Gasteiger partial charge in [0.1, 0.15) is 5.02 Å². The first-order valence-electron chi connectivity index (χ1n) is 5.53. The number of nitro groups is 1. The van der Waals surface area contributed by atoms with Crippen LogP contribution in [-0.2, 0) is 0 Å². The van der Waals surface area contributed by atoms with Gasteiger partial charge in [-0.1, -0.05) is 11.6 Å². The lowest BCUT2D eigenvalue weighted by atomic mass is 9.92. The van der Waals surface area contributed by atoms with Crippen LogP contribution in [0.3, 0.4) is 0 Å². The number of alkyl halides is 6. The Balaban J connectivity index is 3.25. The standard InChI is InChI=1S/C11H6ClF6NO4/c12-6-2-1-5(3-7(6)19(22)23)8(20)4-9(21,10(13,14)15)11(16,17)18/h1-3,21H,4H2. The number of hydrogen-bond acceptors (Lipinski definition) is 4. The predicted octanol–water partition coefficient (Wildman–Crippen LogP) is 3.68. The van der Waals surface area contributed by atoms with Crippen molar-refractivity contribution in [2.45, 2.75) is 24.4 Å². The van der Waals surface area contributed by atoms with Crippen molar-refractivity contribution in [1.29, 1.82) is 0 Å². The molecule has 1 N–H and O–H groups in total. The molecular weight excluding hydrogens is 360 g/mol. The Bertz CT molecular complexity index is 628. The molecule has 0 aliphatic rings. The predicted molar refractivity (Wildman–Crippen MR) is 64.1 cm³/mol. The lowest BCUT2D eigenvalue weighted by Crippen LogP contribution is -2.57. The van der Waals surface area contributed by atoms with Crippen molar-refractivity contribution in [2.75, 3.05) is 0 Å². The van der Waals surface area contributed by atoms with Crippen molar-refractivity contribution in [1.82, 2.24) is 0 Å². The van der Waals surface area contributed by atoms with Crippen molar-refractivity contribution < 1.29 is 41.2 Å². The number of nitro benzene ring substituents is 1. The lowest BCUT2D eigenvalue weighted by Gasteiger charge is -2.31. The van der Waals surface area contributed by atoms with E-state index in [-0.39, 0.29) is 0 Å². The third kappa shape index (κ3) is 3.72. The fourth-order valence-electron chi connectivity index (χ4n) is 1.52. The van der Waals surface area contributed by atoms with Crippen LogP contribution in [-0.4, -0.2) is 33.8 Å². The number of halogens is 7. The zero-order valence-electron chi connectivity index (χ0n) is 10.7. The van der Waals surface area contributed by atoms with E-state index >= 15 is 0 Å². The first kappa shape index (κ1) is 19.2. The van der Waals surface area contributed by atoms with Crippen LogP contribution < -0.4 is 0 Å². The number of aliphatic hydroxyl groups is 1. The number of benzene rings is 1. The van der Waals surface area contributed by atoms with Gasteiger partial charge in [0.05, 0.1) is 11.3 Å². The van der Waals surface area contributed by atoms with E-state index in [4.69, 9.17) is 16.7 Å². The van der Waals surface area contributed by atoms with Crippen LogP contribution in [0.4, 0.5) is 32.0 Å². The number of hydrogen-bond donors (Lipinski definition) is 1. The van der Waals surface area contributed by atoms with Gasteiger partial charge in [-0.25, -0.2) is 0 Å². The van der Waals surface area contributed by atoms with Crippen molar-refractivity contribution >= 4 is 23.1 Å². The summed E-state index contributed by atoms with van der Waals surface area (Å²) >= 11 is 5.41. The molecule has 0 saturated heterocycles. The van der Waals surface area contributed by atoms with Gasteiger partial charge in [-0.15, -0.1) is 0 Å². The van der Waals surface area contributed by atoms with Crippen LogP contribution in [0.15, 0.2) is 18.2 Å². The second-order valence-corrected chi connectivity index (χ2v) is 4.79. The molecule has 0 aliphatic carbocycles. The Kier molecular flexibility index (Phi) is 4.97. The van der Waals surface area contributed by atoms with Gasteiger partial charge in [-0.3, -0.25) is 14.9 Å². The molecule has 0 saturated carbocycles. The fraction of sp³-hybridized carbons (Fsp3) is 0.364. The second kappa shape index (κ2) is 5.96. The maximum atomic E-state index is 12.5. The van der Waals surface area contributed by atoms with Crippen molar-refractivity contribution in [2.24, 2.45) is 0 Å². The molecule has 0 radical (unpaired) electrons. The Hall–Kier alpha value is -1.88. The molecule has 128 valence electrons. The summed E-state index contributed by atoms with van der Waals surface area (Å²) in [4.78, 5) is 21.1. The topological polar surface area (TPSA) is 80.4 Å². The molecular formula is C11H6ClF6NO4. The smallest absolute Gasteiger partial charge is 0.373 e. The minimum absolute atomic E-state index is 0.428. The molecule has 0 unspecified atom stereocenters. The van der Waals surface area contributed by atoms with Gasteiger partial charge in [-0.05, 0) is 12.1 Å². The van der Waals surface area contributed by atoms with E-state index < -0.39 is 51.4 Å². The van der Waals surface area contributed by atoms with Crippen LogP contribution in [0, 0.1) is 10.1 Å². The average molecular weight is 366 g/mol. The number of Topliss-reactive ketones (excluding diaryl/α,β-unsaturated/α-hetero) is 1. The minimum Gasteiger partial charge on any atom is -0.373 e. The first-order valence-corrected chi connectivity index (χ1v) is 5.91. The Morgan fingerprint density at radius 2 is 1.65 bits per heavy atom. The van der Waals surface area contributed by atoms with E-state index in [9.17, 15) is 41.3 Å². The van der Waals surface area contributed by atoms with Gasteiger partial charge in [0.2, 0.25) is 0 Å².